The molecule has 172 valence electrons. The molecule has 1 heterocycles. The summed E-state index contributed by atoms with van der Waals surface area (Å²) in [6.07, 6.45) is 1.06. The minimum atomic E-state index is -4.31. The van der Waals surface area contributed by atoms with Gasteiger partial charge in [0.2, 0.25) is 0 Å². The standard InChI is InChI=1S/C23H14Cl2N2O6S/c24-15-11-14(20(19(25)13-15)33-34(31,32)17-9-5-2-6-10-17)12-18-21(28)26-23(30)27(22(18)29)16-7-3-1-4-8-16/h1-13H,(H,26,28,30)/b18-12+. The zero-order chi connectivity index (χ0) is 24.5. The molecular weight excluding hydrogens is 503 g/mol. The molecule has 1 fully saturated rings. The van der Waals surface area contributed by atoms with E-state index in [-0.39, 0.29) is 31.9 Å². The second-order valence-corrected chi connectivity index (χ2v) is 9.34. The molecule has 8 nitrogen and oxygen atoms in total. The SMILES string of the molecule is O=C1NC(=O)N(c2ccccc2)C(=O)/C1=C/c1cc(Cl)cc(Cl)c1OS(=O)(=O)c1ccccc1. The number of carbonyl (C=O) groups excluding carboxylic acids is 3. The van der Waals surface area contributed by atoms with Crippen molar-refractivity contribution in [1.29, 1.82) is 0 Å². The molecule has 34 heavy (non-hydrogen) atoms. The van der Waals surface area contributed by atoms with Crippen molar-refractivity contribution in [3.05, 3.63) is 94.0 Å². The Kier molecular flexibility index (Phi) is 6.43. The number of halogens is 2. The van der Waals surface area contributed by atoms with Crippen LogP contribution < -0.4 is 14.4 Å². The predicted molar refractivity (Wildman–Crippen MR) is 126 cm³/mol. The first-order valence-electron chi connectivity index (χ1n) is 9.62. The molecule has 4 rings (SSSR count). The number of benzene rings is 3. The lowest BCUT2D eigenvalue weighted by molar-refractivity contribution is -0.122. The summed E-state index contributed by atoms with van der Waals surface area (Å²) in [7, 11) is -4.31. The van der Waals surface area contributed by atoms with E-state index in [1.54, 1.807) is 24.3 Å². The first-order chi connectivity index (χ1) is 16.2. The number of barbiturate groups is 1. The molecule has 11 heteroatoms. The highest BCUT2D eigenvalue weighted by molar-refractivity contribution is 7.87. The summed E-state index contributed by atoms with van der Waals surface area (Å²) in [6, 6.07) is 16.9. The fourth-order valence-corrected chi connectivity index (χ4v) is 4.73. The van der Waals surface area contributed by atoms with Crippen molar-refractivity contribution >= 4 is 62.9 Å². The molecule has 1 saturated heterocycles. The molecule has 0 spiro atoms. The zero-order valence-electron chi connectivity index (χ0n) is 17.1. The second kappa shape index (κ2) is 9.30. The third kappa shape index (κ3) is 4.67. The number of carbonyl (C=O) groups is 3. The lowest BCUT2D eigenvalue weighted by atomic mass is 10.1. The summed E-state index contributed by atoms with van der Waals surface area (Å²) in [6.45, 7) is 0. The number of hydrogen-bond donors (Lipinski definition) is 1. The molecule has 0 radical (unpaired) electrons. The summed E-state index contributed by atoms with van der Waals surface area (Å²) < 4.78 is 30.8. The largest absolute Gasteiger partial charge is 0.377 e. The molecule has 0 bridgehead atoms. The van der Waals surface area contributed by atoms with E-state index in [0.29, 0.717) is 0 Å². The van der Waals surface area contributed by atoms with Crippen LogP contribution in [0.1, 0.15) is 5.56 Å². The van der Waals surface area contributed by atoms with Crippen LogP contribution in [0.2, 0.25) is 10.0 Å². The number of para-hydroxylation sites is 1. The van der Waals surface area contributed by atoms with Crippen LogP contribution in [0.25, 0.3) is 6.08 Å². The third-order valence-electron chi connectivity index (χ3n) is 4.68. The number of anilines is 1. The molecule has 0 aliphatic carbocycles. The summed E-state index contributed by atoms with van der Waals surface area (Å²) in [5.41, 5.74) is -0.280. The molecule has 1 aliphatic rings. The van der Waals surface area contributed by atoms with E-state index in [0.717, 1.165) is 11.0 Å². The van der Waals surface area contributed by atoms with Gasteiger partial charge < -0.3 is 4.18 Å². The zero-order valence-corrected chi connectivity index (χ0v) is 19.4. The van der Waals surface area contributed by atoms with E-state index in [4.69, 9.17) is 27.4 Å². The second-order valence-electron chi connectivity index (χ2n) is 6.95. The van der Waals surface area contributed by atoms with Gasteiger partial charge in [0.25, 0.3) is 11.8 Å². The van der Waals surface area contributed by atoms with Crippen molar-refractivity contribution in [2.45, 2.75) is 4.90 Å². The average molecular weight is 517 g/mol. The van der Waals surface area contributed by atoms with Gasteiger partial charge in [-0.3, -0.25) is 14.9 Å². The van der Waals surface area contributed by atoms with Crippen LogP contribution in [-0.2, 0) is 19.7 Å². The Hall–Kier alpha value is -3.66. The van der Waals surface area contributed by atoms with E-state index < -0.39 is 33.5 Å². The van der Waals surface area contributed by atoms with E-state index in [9.17, 15) is 22.8 Å². The Morgan fingerprint density at radius 3 is 2.15 bits per heavy atom. The Balaban J connectivity index is 1.80. The first-order valence-corrected chi connectivity index (χ1v) is 11.8. The maximum Gasteiger partial charge on any atom is 0.339 e. The Morgan fingerprint density at radius 2 is 1.50 bits per heavy atom. The number of rotatable bonds is 5. The van der Waals surface area contributed by atoms with Crippen LogP contribution in [0, 0.1) is 0 Å². The summed E-state index contributed by atoms with van der Waals surface area (Å²) in [5, 5.41) is 2.02. The van der Waals surface area contributed by atoms with Gasteiger partial charge in [0.15, 0.2) is 5.75 Å². The van der Waals surface area contributed by atoms with Crippen molar-refractivity contribution in [2.24, 2.45) is 0 Å². The van der Waals surface area contributed by atoms with Crippen molar-refractivity contribution < 1.29 is 27.0 Å². The monoisotopic (exact) mass is 516 g/mol. The maximum atomic E-state index is 13.1. The number of urea groups is 1. The lowest BCUT2D eigenvalue weighted by Gasteiger charge is -2.26. The number of amides is 4. The van der Waals surface area contributed by atoms with Crippen LogP contribution in [0.15, 0.2) is 83.3 Å². The lowest BCUT2D eigenvalue weighted by Crippen LogP contribution is -2.54. The topological polar surface area (TPSA) is 110 Å². The predicted octanol–water partition coefficient (Wildman–Crippen LogP) is 4.43. The molecule has 0 aromatic heterocycles. The van der Waals surface area contributed by atoms with Crippen LogP contribution in [0.5, 0.6) is 5.75 Å². The van der Waals surface area contributed by atoms with Gasteiger partial charge in [0.05, 0.1) is 10.7 Å². The Labute approximate surface area is 204 Å². The van der Waals surface area contributed by atoms with Crippen molar-refractivity contribution in [2.75, 3.05) is 4.90 Å². The number of hydrogen-bond acceptors (Lipinski definition) is 6. The van der Waals surface area contributed by atoms with Gasteiger partial charge in [-0.25, -0.2) is 9.69 Å². The van der Waals surface area contributed by atoms with Gasteiger partial charge in [0, 0.05) is 10.6 Å². The smallest absolute Gasteiger partial charge is 0.339 e. The highest BCUT2D eigenvalue weighted by Gasteiger charge is 2.37. The summed E-state index contributed by atoms with van der Waals surface area (Å²) >= 11 is 12.3. The minimum Gasteiger partial charge on any atom is -0.377 e. The molecular formula is C23H14Cl2N2O6S. The minimum absolute atomic E-state index is 0.0575. The van der Waals surface area contributed by atoms with Gasteiger partial charge in [-0.15, -0.1) is 0 Å². The Morgan fingerprint density at radius 1 is 0.882 bits per heavy atom. The molecule has 0 saturated carbocycles. The number of imide groups is 2. The average Bonchev–Trinajstić information content (AvgIpc) is 2.80. The first kappa shape index (κ1) is 23.5. The van der Waals surface area contributed by atoms with Crippen LogP contribution >= 0.6 is 23.2 Å². The van der Waals surface area contributed by atoms with E-state index in [1.807, 2.05) is 0 Å². The molecule has 4 amide bonds. The van der Waals surface area contributed by atoms with Crippen molar-refractivity contribution in [1.82, 2.24) is 5.32 Å². The van der Waals surface area contributed by atoms with Gasteiger partial charge in [-0.1, -0.05) is 59.6 Å². The van der Waals surface area contributed by atoms with Crippen LogP contribution in [-0.4, -0.2) is 26.3 Å². The maximum absolute atomic E-state index is 13.1. The fraction of sp³-hybridized carbons (Fsp3) is 0. The van der Waals surface area contributed by atoms with Gasteiger partial charge in [-0.05, 0) is 42.5 Å². The highest BCUT2D eigenvalue weighted by Crippen LogP contribution is 2.36. The fourth-order valence-electron chi connectivity index (χ4n) is 3.14. The van der Waals surface area contributed by atoms with Gasteiger partial charge >= 0.3 is 16.1 Å². The normalized spacial score (nSPS) is 15.4. The van der Waals surface area contributed by atoms with E-state index in [2.05, 4.69) is 5.32 Å². The van der Waals surface area contributed by atoms with Crippen molar-refractivity contribution in [3.63, 3.8) is 0 Å². The number of nitrogens with zero attached hydrogens (tertiary/aromatic N) is 1. The van der Waals surface area contributed by atoms with Gasteiger partial charge in [-0.2, -0.15) is 8.42 Å². The number of nitrogens with one attached hydrogen (secondary N) is 1. The molecule has 0 atom stereocenters. The summed E-state index contributed by atoms with van der Waals surface area (Å²) in [4.78, 5) is 38.6. The molecule has 3 aromatic carbocycles. The highest BCUT2D eigenvalue weighted by atomic mass is 35.5. The Bertz CT molecular complexity index is 1440. The molecule has 1 aliphatic heterocycles. The summed E-state index contributed by atoms with van der Waals surface area (Å²) in [5.74, 6) is -2.24. The molecule has 1 N–H and O–H groups in total. The van der Waals surface area contributed by atoms with Crippen molar-refractivity contribution in [3.8, 4) is 5.75 Å². The van der Waals surface area contributed by atoms with Crippen LogP contribution in [0.4, 0.5) is 10.5 Å². The van der Waals surface area contributed by atoms with Crippen LogP contribution in [0.3, 0.4) is 0 Å². The third-order valence-corrected chi connectivity index (χ3v) is 6.41. The quantitative estimate of drug-likeness (QED) is 0.305. The molecule has 3 aromatic rings. The van der Waals surface area contributed by atoms with E-state index >= 15 is 0 Å². The van der Waals surface area contributed by atoms with Gasteiger partial charge in [0.1, 0.15) is 10.5 Å². The van der Waals surface area contributed by atoms with E-state index in [1.165, 1.54) is 48.5 Å². The molecule has 0 unspecified atom stereocenters.